The molecule has 0 radical (unpaired) electrons. The minimum absolute atomic E-state index is 0.179. The summed E-state index contributed by atoms with van der Waals surface area (Å²) >= 11 is 0. The van der Waals surface area contributed by atoms with Crippen molar-refractivity contribution in [1.82, 2.24) is 10.2 Å². The lowest BCUT2D eigenvalue weighted by molar-refractivity contribution is -0.274. The monoisotopic (exact) mass is 388 g/mol. The highest BCUT2D eigenvalue weighted by Gasteiger charge is 2.32. The molecule has 5 nitrogen and oxygen atoms in total. The van der Waals surface area contributed by atoms with E-state index in [0.717, 1.165) is 18.4 Å². The summed E-state index contributed by atoms with van der Waals surface area (Å²) < 4.78 is 46.8. The van der Waals surface area contributed by atoms with E-state index in [2.05, 4.69) is 10.1 Å². The zero-order chi connectivity index (χ0) is 20.2. The van der Waals surface area contributed by atoms with Crippen LogP contribution in [-0.2, 0) is 11.3 Å². The minimum Gasteiger partial charge on any atom is -0.444 e. The van der Waals surface area contributed by atoms with Crippen molar-refractivity contribution >= 4 is 6.09 Å². The summed E-state index contributed by atoms with van der Waals surface area (Å²) in [6, 6.07) is 4.99. The molecule has 0 spiro atoms. The van der Waals surface area contributed by atoms with Gasteiger partial charge in [-0.2, -0.15) is 0 Å². The molecule has 27 heavy (non-hydrogen) atoms. The number of aryl methyl sites for hydroxylation is 1. The molecule has 1 N–H and O–H groups in total. The van der Waals surface area contributed by atoms with Gasteiger partial charge in [-0.3, -0.25) is 0 Å². The van der Waals surface area contributed by atoms with Crippen LogP contribution < -0.4 is 10.1 Å². The largest absolute Gasteiger partial charge is 0.573 e. The summed E-state index contributed by atoms with van der Waals surface area (Å²) in [6.07, 6.45) is -3.49. The van der Waals surface area contributed by atoms with E-state index >= 15 is 0 Å². The number of ether oxygens (including phenoxy) is 2. The normalized spacial score (nSPS) is 16.3. The fourth-order valence-electron chi connectivity index (χ4n) is 2.84. The van der Waals surface area contributed by atoms with Crippen LogP contribution in [0.3, 0.4) is 0 Å². The maximum Gasteiger partial charge on any atom is 0.573 e. The fourth-order valence-corrected chi connectivity index (χ4v) is 2.84. The van der Waals surface area contributed by atoms with Gasteiger partial charge in [-0.1, -0.05) is 12.1 Å². The van der Waals surface area contributed by atoms with Gasteiger partial charge in [0.15, 0.2) is 0 Å². The van der Waals surface area contributed by atoms with E-state index in [9.17, 15) is 18.0 Å². The Balaban J connectivity index is 1.83. The first-order valence-corrected chi connectivity index (χ1v) is 8.99. The van der Waals surface area contributed by atoms with Crippen LogP contribution in [0, 0.1) is 6.92 Å². The summed E-state index contributed by atoms with van der Waals surface area (Å²) in [5.74, 6) is -0.179. The number of nitrogens with one attached hydrogen (secondary N) is 1. The second-order valence-electron chi connectivity index (χ2n) is 7.77. The van der Waals surface area contributed by atoms with E-state index in [4.69, 9.17) is 4.74 Å². The average molecular weight is 388 g/mol. The molecule has 0 aromatic heterocycles. The highest BCUT2D eigenvalue weighted by atomic mass is 19.4. The smallest absolute Gasteiger partial charge is 0.444 e. The molecule has 0 saturated carbocycles. The van der Waals surface area contributed by atoms with E-state index in [-0.39, 0.29) is 17.9 Å². The Bertz CT molecular complexity index is 649. The van der Waals surface area contributed by atoms with E-state index in [0.29, 0.717) is 25.2 Å². The van der Waals surface area contributed by atoms with Gasteiger partial charge in [0.05, 0.1) is 0 Å². The Hall–Kier alpha value is -1.96. The third-order valence-corrected chi connectivity index (χ3v) is 4.22. The van der Waals surface area contributed by atoms with Crippen LogP contribution in [0.1, 0.15) is 44.7 Å². The van der Waals surface area contributed by atoms with Crippen molar-refractivity contribution in [1.29, 1.82) is 0 Å². The first-order valence-electron chi connectivity index (χ1n) is 8.99. The number of piperidine rings is 1. The van der Waals surface area contributed by atoms with Crippen LogP contribution in [0.2, 0.25) is 0 Å². The van der Waals surface area contributed by atoms with Gasteiger partial charge in [-0.05, 0) is 57.7 Å². The van der Waals surface area contributed by atoms with Crippen LogP contribution in [0.15, 0.2) is 18.2 Å². The van der Waals surface area contributed by atoms with Crippen molar-refractivity contribution in [2.24, 2.45) is 0 Å². The van der Waals surface area contributed by atoms with Gasteiger partial charge >= 0.3 is 12.5 Å². The Morgan fingerprint density at radius 1 is 1.22 bits per heavy atom. The second-order valence-corrected chi connectivity index (χ2v) is 7.77. The number of benzene rings is 1. The van der Waals surface area contributed by atoms with Crippen LogP contribution in [0.25, 0.3) is 0 Å². The van der Waals surface area contributed by atoms with Crippen molar-refractivity contribution in [2.75, 3.05) is 13.1 Å². The van der Waals surface area contributed by atoms with Gasteiger partial charge in [-0.25, -0.2) is 4.79 Å². The number of halogens is 3. The molecule has 0 atom stereocenters. The molecule has 1 amide bonds. The van der Waals surface area contributed by atoms with Crippen molar-refractivity contribution in [3.8, 4) is 5.75 Å². The van der Waals surface area contributed by atoms with E-state index in [1.54, 1.807) is 24.0 Å². The highest BCUT2D eigenvalue weighted by molar-refractivity contribution is 5.68. The Morgan fingerprint density at radius 3 is 2.41 bits per heavy atom. The average Bonchev–Trinajstić information content (AvgIpc) is 2.53. The molecular formula is C19H27F3N2O3. The summed E-state index contributed by atoms with van der Waals surface area (Å²) in [5, 5.41) is 3.34. The maximum atomic E-state index is 12.5. The lowest BCUT2D eigenvalue weighted by Gasteiger charge is -2.33. The molecule has 1 fully saturated rings. The number of rotatable bonds is 4. The van der Waals surface area contributed by atoms with Crippen molar-refractivity contribution in [3.63, 3.8) is 0 Å². The number of hydrogen-bond acceptors (Lipinski definition) is 4. The molecule has 1 aliphatic heterocycles. The molecule has 152 valence electrons. The van der Waals surface area contributed by atoms with Crippen LogP contribution in [-0.4, -0.2) is 42.1 Å². The van der Waals surface area contributed by atoms with Crippen LogP contribution in [0.4, 0.5) is 18.0 Å². The zero-order valence-corrected chi connectivity index (χ0v) is 16.2. The number of carbonyl (C=O) groups excluding carboxylic acids is 1. The predicted octanol–water partition coefficient (Wildman–Crippen LogP) is 4.38. The van der Waals surface area contributed by atoms with E-state index in [1.165, 1.54) is 6.07 Å². The Morgan fingerprint density at radius 2 is 1.85 bits per heavy atom. The van der Waals surface area contributed by atoms with Crippen molar-refractivity contribution in [2.45, 2.75) is 65.1 Å². The first kappa shape index (κ1) is 21.3. The quantitative estimate of drug-likeness (QED) is 0.832. The number of alkyl halides is 3. The molecule has 1 aromatic carbocycles. The number of likely N-dealkylation sites (tertiary alicyclic amines) is 1. The summed E-state index contributed by atoms with van der Waals surface area (Å²) in [7, 11) is 0. The molecule has 0 aliphatic carbocycles. The molecule has 8 heteroatoms. The number of nitrogens with zero attached hydrogens (tertiary/aromatic N) is 1. The van der Waals surface area contributed by atoms with Crippen molar-refractivity contribution < 1.29 is 27.4 Å². The highest BCUT2D eigenvalue weighted by Crippen LogP contribution is 2.27. The Labute approximate surface area is 157 Å². The van der Waals surface area contributed by atoms with Gasteiger partial charge < -0.3 is 19.7 Å². The summed E-state index contributed by atoms with van der Waals surface area (Å²) in [6.45, 7) is 8.68. The third kappa shape index (κ3) is 7.28. The van der Waals surface area contributed by atoms with E-state index < -0.39 is 12.0 Å². The second kappa shape index (κ2) is 8.37. The molecule has 0 unspecified atom stereocenters. The van der Waals surface area contributed by atoms with Gasteiger partial charge in [0.2, 0.25) is 0 Å². The molecule has 1 aliphatic rings. The van der Waals surface area contributed by atoms with E-state index in [1.807, 2.05) is 20.8 Å². The fraction of sp³-hybridized carbons (Fsp3) is 0.632. The standard InChI is InChI=1S/C19H27F3N2O3/c1-13-5-6-14(11-16(13)26-19(20,21)22)12-23-15-7-9-24(10-8-15)17(25)27-18(2,3)4/h5-6,11,15,23H,7-10,12H2,1-4H3. The molecule has 1 heterocycles. The maximum absolute atomic E-state index is 12.5. The minimum atomic E-state index is -4.70. The van der Waals surface area contributed by atoms with Crippen molar-refractivity contribution in [3.05, 3.63) is 29.3 Å². The number of carbonyl (C=O) groups is 1. The first-order chi connectivity index (χ1) is 12.4. The van der Waals surface area contributed by atoms with Crippen LogP contribution in [0.5, 0.6) is 5.75 Å². The zero-order valence-electron chi connectivity index (χ0n) is 16.2. The SMILES string of the molecule is Cc1ccc(CNC2CCN(C(=O)OC(C)(C)C)CC2)cc1OC(F)(F)F. The summed E-state index contributed by atoms with van der Waals surface area (Å²) in [4.78, 5) is 13.7. The lowest BCUT2D eigenvalue weighted by Crippen LogP contribution is -2.46. The topological polar surface area (TPSA) is 50.8 Å². The molecular weight excluding hydrogens is 361 g/mol. The van der Waals surface area contributed by atoms with Gasteiger partial charge in [0, 0.05) is 25.7 Å². The number of hydrogen-bond donors (Lipinski definition) is 1. The summed E-state index contributed by atoms with van der Waals surface area (Å²) in [5.41, 5.74) is 0.629. The molecule has 2 rings (SSSR count). The van der Waals surface area contributed by atoms with Gasteiger partial charge in [0.1, 0.15) is 11.4 Å². The van der Waals surface area contributed by atoms with Gasteiger partial charge in [0.25, 0.3) is 0 Å². The molecule has 1 aromatic rings. The van der Waals surface area contributed by atoms with Crippen LogP contribution >= 0.6 is 0 Å². The molecule has 0 bridgehead atoms. The Kier molecular flexibility index (Phi) is 6.62. The predicted molar refractivity (Wildman–Crippen MR) is 95.5 cm³/mol. The third-order valence-electron chi connectivity index (χ3n) is 4.22. The van der Waals surface area contributed by atoms with Gasteiger partial charge in [-0.15, -0.1) is 13.2 Å². The molecule has 1 saturated heterocycles. The number of amides is 1. The lowest BCUT2D eigenvalue weighted by atomic mass is 10.0.